The highest BCUT2D eigenvalue weighted by atomic mass is 35.5. The average Bonchev–Trinajstić information content (AvgIpc) is 3.35. The van der Waals surface area contributed by atoms with E-state index in [4.69, 9.17) is 11.6 Å². The van der Waals surface area contributed by atoms with Crippen LogP contribution in [0.3, 0.4) is 0 Å². The van der Waals surface area contributed by atoms with Crippen LogP contribution in [-0.4, -0.2) is 75.2 Å². The van der Waals surface area contributed by atoms with Crippen molar-refractivity contribution in [1.82, 2.24) is 4.90 Å². The number of hydrogen-bond donors (Lipinski definition) is 4. The van der Waals surface area contributed by atoms with Gasteiger partial charge in [-0.15, -0.1) is 0 Å². The number of aliphatic hydroxyl groups is 4. The second-order valence-electron chi connectivity index (χ2n) is 19.3. The fourth-order valence-corrected chi connectivity index (χ4v) is 14.3. The van der Waals surface area contributed by atoms with Crippen molar-refractivity contribution in [2.75, 3.05) is 26.2 Å². The van der Waals surface area contributed by atoms with E-state index in [1.165, 1.54) is 18.9 Å². The van der Waals surface area contributed by atoms with E-state index in [0.29, 0.717) is 43.2 Å². The van der Waals surface area contributed by atoms with E-state index < -0.39 is 39.9 Å². The largest absolute Gasteiger partial charge is 0.394 e. The lowest BCUT2D eigenvalue weighted by molar-refractivity contribution is -0.181. The topological polar surface area (TPSA) is 101 Å². The number of Topliss-reactive ketones (excluding diaryl/α,β-unsaturated/α-hetero) is 1. The van der Waals surface area contributed by atoms with Crippen LogP contribution in [0.5, 0.6) is 0 Å². The van der Waals surface area contributed by atoms with Crippen molar-refractivity contribution in [2.24, 2.45) is 56.7 Å². The van der Waals surface area contributed by atoms with Gasteiger partial charge in [-0.3, -0.25) is 9.69 Å². The molecule has 0 heterocycles. The zero-order valence-corrected chi connectivity index (χ0v) is 31.8. The molecular weight excluding hydrogens is 665 g/mol. The van der Waals surface area contributed by atoms with Crippen molar-refractivity contribution in [2.45, 2.75) is 116 Å². The van der Waals surface area contributed by atoms with Gasteiger partial charge in [0.2, 0.25) is 0 Å². The standard InChI is InChI=1S/C43H59ClFNO5/c1-38(2)27-9-8-26(31(38)18-27)22-46(23-29(49)24-47)25-42(51)15-12-37-40(42,4)14-11-36-39(3)13-10-28(48)20-41(39)16-17-43(36,37)32(21-41)35(50)19-30-33(44)6-5-7-34(30)45/h5-7,16-17,21,26-29,31,36-37,47-49,51H,8-15,18-20,22-25H2,1-4H3. The molecule has 0 aliphatic heterocycles. The minimum absolute atomic E-state index is 0.0242. The Morgan fingerprint density at radius 3 is 2.45 bits per heavy atom. The highest BCUT2D eigenvalue weighted by Crippen LogP contribution is 2.78. The van der Waals surface area contributed by atoms with Gasteiger partial charge in [0.15, 0.2) is 5.78 Å². The number of halogens is 2. The number of rotatable bonds is 10. The van der Waals surface area contributed by atoms with Gasteiger partial charge in [0, 0.05) is 58.5 Å². The first-order valence-electron chi connectivity index (χ1n) is 19.9. The number of nitrogens with zero attached hydrogens (tertiary/aromatic N) is 1. The first kappa shape index (κ1) is 36.4. The van der Waals surface area contributed by atoms with Crippen molar-refractivity contribution in [3.05, 3.63) is 58.4 Å². The van der Waals surface area contributed by atoms with Crippen LogP contribution in [0, 0.1) is 62.5 Å². The fraction of sp³-hybridized carbons (Fsp3) is 0.744. The molecule has 4 N–H and O–H groups in total. The van der Waals surface area contributed by atoms with Crippen LogP contribution >= 0.6 is 11.6 Å². The molecule has 9 aliphatic carbocycles. The summed E-state index contributed by atoms with van der Waals surface area (Å²) in [5.74, 6) is 1.43. The van der Waals surface area contributed by atoms with E-state index in [-0.39, 0.29) is 46.6 Å². The summed E-state index contributed by atoms with van der Waals surface area (Å²) in [6.07, 6.45) is 14.1. The molecule has 1 aromatic rings. The monoisotopic (exact) mass is 723 g/mol. The second kappa shape index (κ2) is 12.2. The van der Waals surface area contributed by atoms with Crippen LogP contribution in [-0.2, 0) is 11.2 Å². The van der Waals surface area contributed by atoms with Gasteiger partial charge in [-0.1, -0.05) is 63.6 Å². The number of allylic oxidation sites excluding steroid dienone is 4. The van der Waals surface area contributed by atoms with Crippen LogP contribution in [0.2, 0.25) is 5.02 Å². The smallest absolute Gasteiger partial charge is 0.164 e. The summed E-state index contributed by atoms with van der Waals surface area (Å²) in [4.78, 5) is 17.0. The average molecular weight is 724 g/mol. The third-order valence-electron chi connectivity index (χ3n) is 17.1. The lowest BCUT2D eigenvalue weighted by Crippen LogP contribution is -2.67. The predicted octanol–water partition coefficient (Wildman–Crippen LogP) is 6.91. The normalized spacial score (nSPS) is 45.0. The van der Waals surface area contributed by atoms with Gasteiger partial charge in [-0.25, -0.2) is 4.39 Å². The SMILES string of the molecule is CC1(C)C2CCC(CN(CC(O)CO)CC3(O)CCC4C56C=CC7(C=C5C(=O)Cc5c(F)cccc5Cl)CC(O)CCC7(C)C6CCC43C)C1C2. The molecule has 8 heteroatoms. The Morgan fingerprint density at radius 1 is 1.02 bits per heavy atom. The molecule has 0 aromatic heterocycles. The summed E-state index contributed by atoms with van der Waals surface area (Å²) in [5.41, 5.74) is -1.59. The lowest BCUT2D eigenvalue weighted by Gasteiger charge is -2.71. The third-order valence-corrected chi connectivity index (χ3v) is 17.4. The zero-order valence-electron chi connectivity index (χ0n) is 31.0. The fourth-order valence-electron chi connectivity index (χ4n) is 14.1. The molecular formula is C43H59ClFNO5. The maximum atomic E-state index is 15.2. The molecule has 12 unspecified atom stereocenters. The van der Waals surface area contributed by atoms with Crippen molar-refractivity contribution in [1.29, 1.82) is 0 Å². The second-order valence-corrected chi connectivity index (χ2v) is 19.7. The summed E-state index contributed by atoms with van der Waals surface area (Å²) in [7, 11) is 0. The quantitative estimate of drug-likeness (QED) is 0.196. The minimum Gasteiger partial charge on any atom is -0.394 e. The van der Waals surface area contributed by atoms with Crippen molar-refractivity contribution >= 4 is 17.4 Å². The van der Waals surface area contributed by atoms with Gasteiger partial charge in [0.05, 0.1) is 24.4 Å². The van der Waals surface area contributed by atoms with E-state index in [2.05, 4.69) is 50.8 Å². The molecule has 2 spiro atoms. The van der Waals surface area contributed by atoms with Gasteiger partial charge >= 0.3 is 0 Å². The van der Waals surface area contributed by atoms with Gasteiger partial charge < -0.3 is 20.4 Å². The number of carbonyl (C=O) groups is 1. The Kier molecular flexibility index (Phi) is 8.70. The molecule has 280 valence electrons. The highest BCUT2D eigenvalue weighted by Gasteiger charge is 2.74. The Hall–Kier alpha value is -1.61. The number of benzene rings is 1. The molecule has 12 atom stereocenters. The van der Waals surface area contributed by atoms with E-state index in [0.717, 1.165) is 56.6 Å². The first-order valence-corrected chi connectivity index (χ1v) is 20.2. The van der Waals surface area contributed by atoms with E-state index >= 15 is 4.39 Å². The Morgan fingerprint density at radius 2 is 1.75 bits per heavy atom. The summed E-state index contributed by atoms with van der Waals surface area (Å²) in [5, 5.41) is 45.0. The van der Waals surface area contributed by atoms with Crippen LogP contribution < -0.4 is 0 Å². The number of carbonyl (C=O) groups excluding carboxylic acids is 1. The molecule has 6 nitrogen and oxygen atoms in total. The molecule has 0 amide bonds. The molecule has 51 heavy (non-hydrogen) atoms. The highest BCUT2D eigenvalue weighted by molar-refractivity contribution is 6.31. The first-order chi connectivity index (χ1) is 24.0. The van der Waals surface area contributed by atoms with Gasteiger partial charge in [0.1, 0.15) is 5.82 Å². The maximum Gasteiger partial charge on any atom is 0.164 e. The van der Waals surface area contributed by atoms with Gasteiger partial charge in [0.25, 0.3) is 0 Å². The zero-order chi connectivity index (χ0) is 36.4. The summed E-state index contributed by atoms with van der Waals surface area (Å²) < 4.78 is 15.2. The minimum atomic E-state index is -1.06. The maximum absolute atomic E-state index is 15.2. The molecule has 1 aromatic carbocycles. The number of hydrogen-bond acceptors (Lipinski definition) is 6. The number of ketones is 1. The summed E-state index contributed by atoms with van der Waals surface area (Å²) in [6.45, 7) is 10.6. The van der Waals surface area contributed by atoms with Crippen LogP contribution in [0.4, 0.5) is 4.39 Å². The number of fused-ring (bicyclic) bond motifs is 3. The van der Waals surface area contributed by atoms with Crippen LogP contribution in [0.15, 0.2) is 42.0 Å². The van der Waals surface area contributed by atoms with E-state index in [1.807, 2.05) is 0 Å². The lowest BCUT2D eigenvalue weighted by atomic mass is 9.32. The molecule has 6 saturated carbocycles. The summed E-state index contributed by atoms with van der Waals surface area (Å²) in [6, 6.07) is 4.55. The van der Waals surface area contributed by atoms with Gasteiger partial charge in [-0.2, -0.15) is 0 Å². The molecule has 9 aliphatic rings. The Bertz CT molecular complexity index is 1620. The predicted molar refractivity (Wildman–Crippen MR) is 196 cm³/mol. The molecule has 6 fully saturated rings. The number of aliphatic hydroxyl groups excluding tert-OH is 3. The van der Waals surface area contributed by atoms with Crippen molar-refractivity contribution in [3.8, 4) is 0 Å². The van der Waals surface area contributed by atoms with Crippen molar-refractivity contribution in [3.63, 3.8) is 0 Å². The molecule has 0 radical (unpaired) electrons. The van der Waals surface area contributed by atoms with Crippen molar-refractivity contribution < 1.29 is 29.6 Å². The Labute approximate surface area is 308 Å². The third kappa shape index (κ3) is 5.06. The Balaban J connectivity index is 1.16. The molecule has 4 bridgehead atoms. The molecule has 10 rings (SSSR count). The summed E-state index contributed by atoms with van der Waals surface area (Å²) >= 11 is 6.49. The van der Waals surface area contributed by atoms with Crippen LogP contribution in [0.25, 0.3) is 0 Å². The van der Waals surface area contributed by atoms with E-state index in [1.54, 1.807) is 12.1 Å². The van der Waals surface area contributed by atoms with Gasteiger partial charge in [-0.05, 0) is 117 Å². The molecule has 0 saturated heterocycles. The van der Waals surface area contributed by atoms with Crippen LogP contribution in [0.1, 0.15) is 97.5 Å². The van der Waals surface area contributed by atoms with E-state index in [9.17, 15) is 25.2 Å².